The highest BCUT2D eigenvalue weighted by atomic mass is 32.1. The number of carbonyl (C=O) groups is 1. The van der Waals surface area contributed by atoms with E-state index in [1.165, 1.54) is 10.4 Å². The Hall–Kier alpha value is -3.20. The molecule has 1 aliphatic carbocycles. The van der Waals surface area contributed by atoms with Gasteiger partial charge in [0.25, 0.3) is 0 Å². The first-order valence-electron chi connectivity index (χ1n) is 11.6. The van der Waals surface area contributed by atoms with Crippen LogP contribution in [0.1, 0.15) is 36.6 Å². The van der Waals surface area contributed by atoms with Gasteiger partial charge in [-0.1, -0.05) is 0 Å². The van der Waals surface area contributed by atoms with Gasteiger partial charge in [0.05, 0.1) is 29.4 Å². The van der Waals surface area contributed by atoms with Crippen LogP contribution in [0.15, 0.2) is 24.7 Å². The number of amides is 1. The number of likely N-dealkylation sites (tertiary alicyclic amines) is 1. The number of aromatic amines is 1. The van der Waals surface area contributed by atoms with Crippen LogP contribution in [0.2, 0.25) is 0 Å². The van der Waals surface area contributed by atoms with Crippen LogP contribution in [-0.2, 0) is 17.6 Å². The highest BCUT2D eigenvalue weighted by Gasteiger charge is 2.32. The Kier molecular flexibility index (Phi) is 5.13. The molecule has 1 unspecified atom stereocenters. The fraction of sp³-hybridized carbons (Fsp3) is 0.417. The molecule has 1 atom stereocenters. The Balaban J connectivity index is 1.34. The van der Waals surface area contributed by atoms with Gasteiger partial charge in [-0.3, -0.25) is 9.89 Å². The van der Waals surface area contributed by atoms with Crippen LogP contribution in [0, 0.1) is 5.92 Å². The number of thiophene rings is 1. The molecule has 1 aliphatic heterocycles. The number of ether oxygens (including phenoxy) is 1. The van der Waals surface area contributed by atoms with Gasteiger partial charge >= 0.3 is 0 Å². The summed E-state index contributed by atoms with van der Waals surface area (Å²) in [4.78, 5) is 26.4. The van der Waals surface area contributed by atoms with Crippen molar-refractivity contribution in [1.82, 2.24) is 25.1 Å². The minimum atomic E-state index is 0.0843. The number of hydrogen-bond acceptors (Lipinski definition) is 7. The van der Waals surface area contributed by atoms with Gasteiger partial charge in [0.15, 0.2) is 0 Å². The topological polar surface area (TPSA) is 96.0 Å². The Morgan fingerprint density at radius 1 is 1.30 bits per heavy atom. The third-order valence-corrected chi connectivity index (χ3v) is 7.87. The highest BCUT2D eigenvalue weighted by molar-refractivity contribution is 7.19. The van der Waals surface area contributed by atoms with Gasteiger partial charge in [-0.25, -0.2) is 9.97 Å². The second-order valence-corrected chi connectivity index (χ2v) is 9.83. The zero-order valence-corrected chi connectivity index (χ0v) is 19.4. The van der Waals surface area contributed by atoms with Crippen molar-refractivity contribution in [2.75, 3.05) is 25.0 Å². The summed E-state index contributed by atoms with van der Waals surface area (Å²) in [6.45, 7) is 4.36. The van der Waals surface area contributed by atoms with Crippen molar-refractivity contribution >= 4 is 49.9 Å². The lowest BCUT2D eigenvalue weighted by Gasteiger charge is -2.26. The summed E-state index contributed by atoms with van der Waals surface area (Å²) in [5.41, 5.74) is 3.06. The van der Waals surface area contributed by atoms with Crippen LogP contribution in [0.4, 0.5) is 11.5 Å². The summed E-state index contributed by atoms with van der Waals surface area (Å²) in [6, 6.07) is 3.99. The van der Waals surface area contributed by atoms with E-state index in [9.17, 15) is 4.79 Å². The molecule has 0 saturated carbocycles. The summed E-state index contributed by atoms with van der Waals surface area (Å²) in [5.74, 6) is 1.95. The zero-order chi connectivity index (χ0) is 22.4. The maximum Gasteiger partial charge on any atom is 0.226 e. The summed E-state index contributed by atoms with van der Waals surface area (Å²) < 4.78 is 5.89. The van der Waals surface area contributed by atoms with Crippen LogP contribution < -0.4 is 10.1 Å². The van der Waals surface area contributed by atoms with Gasteiger partial charge in [-0.15, -0.1) is 11.3 Å². The smallest absolute Gasteiger partial charge is 0.226 e. The molecule has 33 heavy (non-hydrogen) atoms. The standard InChI is InChI=1S/C24H26N6O2S/c1-2-32-19-11-17-15(12-27-29-17)9-18(19)28-22-21-16-6-5-14(24(31)30-7-3-4-8-30)10-20(16)33-23(21)26-13-25-22/h9,11-14H,2-8,10H2,1H3,(H,27,29)(H,25,26,28). The highest BCUT2D eigenvalue weighted by Crippen LogP contribution is 2.42. The lowest BCUT2D eigenvalue weighted by Crippen LogP contribution is -2.36. The lowest BCUT2D eigenvalue weighted by molar-refractivity contribution is -0.134. The van der Waals surface area contributed by atoms with E-state index in [-0.39, 0.29) is 5.92 Å². The van der Waals surface area contributed by atoms with Crippen LogP contribution in [0.3, 0.4) is 0 Å². The molecule has 6 rings (SSSR count). The lowest BCUT2D eigenvalue weighted by atomic mass is 9.87. The molecule has 8 nitrogen and oxygen atoms in total. The molecular weight excluding hydrogens is 436 g/mol. The van der Waals surface area contributed by atoms with Crippen molar-refractivity contribution in [2.24, 2.45) is 5.92 Å². The van der Waals surface area contributed by atoms with Gasteiger partial charge in [0, 0.05) is 35.3 Å². The van der Waals surface area contributed by atoms with Gasteiger partial charge in [0.1, 0.15) is 22.7 Å². The van der Waals surface area contributed by atoms with Gasteiger partial charge in [-0.2, -0.15) is 5.10 Å². The number of hydrogen-bond donors (Lipinski definition) is 2. The van der Waals surface area contributed by atoms with Gasteiger partial charge in [-0.05, 0) is 50.7 Å². The summed E-state index contributed by atoms with van der Waals surface area (Å²) >= 11 is 1.70. The number of aryl methyl sites for hydroxylation is 1. The third kappa shape index (κ3) is 3.60. The average molecular weight is 463 g/mol. The predicted octanol–water partition coefficient (Wildman–Crippen LogP) is 4.44. The fourth-order valence-corrected chi connectivity index (χ4v) is 6.35. The first-order chi connectivity index (χ1) is 16.2. The number of carbonyl (C=O) groups excluding carboxylic acids is 1. The van der Waals surface area contributed by atoms with Crippen molar-refractivity contribution in [3.8, 4) is 5.75 Å². The van der Waals surface area contributed by atoms with E-state index in [0.717, 1.165) is 83.6 Å². The number of H-pyrrole nitrogens is 1. The van der Waals surface area contributed by atoms with Crippen molar-refractivity contribution in [2.45, 2.75) is 39.0 Å². The van der Waals surface area contributed by atoms with Gasteiger partial charge < -0.3 is 15.0 Å². The summed E-state index contributed by atoms with van der Waals surface area (Å²) in [7, 11) is 0. The Labute approximate surface area is 195 Å². The molecule has 2 N–H and O–H groups in total. The molecule has 4 aromatic rings. The molecule has 1 fully saturated rings. The molecule has 1 aromatic carbocycles. The second kappa shape index (κ2) is 8.30. The third-order valence-electron chi connectivity index (χ3n) is 6.71. The first-order valence-corrected chi connectivity index (χ1v) is 12.4. The van der Waals surface area contributed by atoms with Crippen molar-refractivity contribution in [3.05, 3.63) is 35.1 Å². The minimum absolute atomic E-state index is 0.0843. The second-order valence-electron chi connectivity index (χ2n) is 8.74. The monoisotopic (exact) mass is 462 g/mol. The van der Waals surface area contributed by atoms with E-state index >= 15 is 0 Å². The minimum Gasteiger partial charge on any atom is -0.492 e. The summed E-state index contributed by atoms with van der Waals surface area (Å²) in [5, 5.41) is 12.7. The molecule has 2 aliphatic rings. The number of nitrogens with zero attached hydrogens (tertiary/aromatic N) is 4. The first kappa shape index (κ1) is 20.4. The molecule has 3 aromatic heterocycles. The Morgan fingerprint density at radius 3 is 3.03 bits per heavy atom. The maximum absolute atomic E-state index is 13.0. The van der Waals surface area contributed by atoms with Crippen LogP contribution in [0.25, 0.3) is 21.1 Å². The molecule has 0 spiro atoms. The SMILES string of the molecule is CCOc1cc2[nH]ncc2cc1Nc1ncnc2sc3c(c12)CCC(C(=O)N1CCCC1)C3. The number of nitrogens with one attached hydrogen (secondary N) is 2. The molecule has 4 heterocycles. The molecule has 0 bridgehead atoms. The van der Waals surface area contributed by atoms with Crippen LogP contribution in [-0.4, -0.2) is 50.7 Å². The number of benzene rings is 1. The number of anilines is 2. The number of aromatic nitrogens is 4. The van der Waals surface area contributed by atoms with Gasteiger partial charge in [0.2, 0.25) is 5.91 Å². The van der Waals surface area contributed by atoms with E-state index in [1.807, 2.05) is 19.1 Å². The maximum atomic E-state index is 13.0. The van der Waals surface area contributed by atoms with E-state index in [4.69, 9.17) is 4.74 Å². The molecule has 1 amide bonds. The Morgan fingerprint density at radius 2 is 2.18 bits per heavy atom. The van der Waals surface area contributed by atoms with Crippen LogP contribution in [0.5, 0.6) is 5.75 Å². The van der Waals surface area contributed by atoms with E-state index < -0.39 is 0 Å². The number of rotatable bonds is 5. The molecular formula is C24H26N6O2S. The van der Waals surface area contributed by atoms with E-state index in [1.54, 1.807) is 23.9 Å². The van der Waals surface area contributed by atoms with Crippen molar-refractivity contribution in [1.29, 1.82) is 0 Å². The largest absolute Gasteiger partial charge is 0.492 e. The summed E-state index contributed by atoms with van der Waals surface area (Å²) in [6.07, 6.45) is 8.23. The quantitative estimate of drug-likeness (QED) is 0.455. The predicted molar refractivity (Wildman–Crippen MR) is 129 cm³/mol. The fourth-order valence-electron chi connectivity index (χ4n) is 5.08. The van der Waals surface area contributed by atoms with E-state index in [0.29, 0.717) is 12.5 Å². The molecule has 9 heteroatoms. The average Bonchev–Trinajstić information content (AvgIpc) is 3.58. The van der Waals surface area contributed by atoms with Crippen LogP contribution >= 0.6 is 11.3 Å². The number of fused-ring (bicyclic) bond motifs is 4. The van der Waals surface area contributed by atoms with Crippen molar-refractivity contribution in [3.63, 3.8) is 0 Å². The normalized spacial score (nSPS) is 18.1. The molecule has 1 saturated heterocycles. The molecule has 0 radical (unpaired) electrons. The van der Waals surface area contributed by atoms with Crippen molar-refractivity contribution < 1.29 is 9.53 Å². The van der Waals surface area contributed by atoms with E-state index in [2.05, 4.69) is 30.4 Å². The Bertz CT molecular complexity index is 1340. The molecule has 170 valence electrons. The zero-order valence-electron chi connectivity index (χ0n) is 18.6.